The summed E-state index contributed by atoms with van der Waals surface area (Å²) < 4.78 is 11.1. The lowest BCUT2D eigenvalue weighted by molar-refractivity contribution is -0.385. The molecule has 0 aliphatic rings. The van der Waals surface area contributed by atoms with Crippen LogP contribution in [-0.2, 0) is 0 Å². The van der Waals surface area contributed by atoms with Gasteiger partial charge in [-0.05, 0) is 60.7 Å². The number of nitro groups is 2. The molecule has 196 valence electrons. The highest BCUT2D eigenvalue weighted by Gasteiger charge is 2.19. The maximum Gasteiger partial charge on any atom is 0.343 e. The molecule has 0 saturated heterocycles. The molecule has 4 aromatic carbocycles. The van der Waals surface area contributed by atoms with E-state index in [1.807, 2.05) is 0 Å². The van der Waals surface area contributed by atoms with Gasteiger partial charge in [0.05, 0.1) is 30.8 Å². The van der Waals surface area contributed by atoms with Gasteiger partial charge in [0.15, 0.2) is 0 Å². The first-order chi connectivity index (χ1) is 18.6. The van der Waals surface area contributed by atoms with E-state index in [0.29, 0.717) is 19.8 Å². The molecule has 0 radical (unpaired) electrons. The Morgan fingerprint density at radius 2 is 0.974 bits per heavy atom. The lowest BCUT2D eigenvalue weighted by atomic mass is 10.2. The maximum atomic E-state index is 12.7. The molecule has 0 unspecified atom stereocenters. The van der Waals surface area contributed by atoms with Crippen molar-refractivity contribution in [3.05, 3.63) is 126 Å². The van der Waals surface area contributed by atoms with E-state index in [2.05, 4.69) is 0 Å². The topological polar surface area (TPSA) is 139 Å². The van der Waals surface area contributed by atoms with E-state index in [1.165, 1.54) is 84.9 Å². The third-order valence-corrected chi connectivity index (χ3v) is 6.61. The van der Waals surface area contributed by atoms with Crippen LogP contribution in [0.5, 0.6) is 11.5 Å². The molecule has 4 aromatic rings. The van der Waals surface area contributed by atoms with Crippen LogP contribution in [0.15, 0.2) is 94.7 Å². The fourth-order valence-corrected chi connectivity index (χ4v) is 4.67. The molecule has 0 N–H and O–H groups in total. The number of nitrogens with zero attached hydrogens (tertiary/aromatic N) is 2. The monoisotopic (exact) mass is 584 g/mol. The van der Waals surface area contributed by atoms with E-state index in [1.54, 1.807) is 0 Å². The SMILES string of the molecule is O=C(Oc1ccc(Cl)cc1Sc1cc(Cl)ccc1OC(=O)c1ccc([N+](=O)[O-])cc1)c1ccc([N+](=O)[O-])cc1. The maximum absolute atomic E-state index is 12.7. The molecule has 0 aliphatic heterocycles. The van der Waals surface area contributed by atoms with Crippen LogP contribution < -0.4 is 9.47 Å². The van der Waals surface area contributed by atoms with Gasteiger partial charge in [0, 0.05) is 34.3 Å². The Hall–Kier alpha value is -4.45. The predicted molar refractivity (Wildman–Crippen MR) is 143 cm³/mol. The molecule has 39 heavy (non-hydrogen) atoms. The smallest absolute Gasteiger partial charge is 0.343 e. The van der Waals surface area contributed by atoms with Crippen molar-refractivity contribution >= 4 is 58.3 Å². The highest BCUT2D eigenvalue weighted by molar-refractivity contribution is 7.99. The molecular weight excluding hydrogens is 571 g/mol. The zero-order chi connectivity index (χ0) is 28.1. The highest BCUT2D eigenvalue weighted by Crippen LogP contribution is 2.42. The lowest BCUT2D eigenvalue weighted by Gasteiger charge is -2.13. The molecule has 0 fully saturated rings. The van der Waals surface area contributed by atoms with Gasteiger partial charge >= 0.3 is 11.9 Å². The zero-order valence-corrected chi connectivity index (χ0v) is 21.7. The number of hydrogen-bond donors (Lipinski definition) is 0. The van der Waals surface area contributed by atoms with Crippen LogP contribution in [0.4, 0.5) is 11.4 Å². The number of nitro benzene ring substituents is 2. The molecule has 0 heterocycles. The van der Waals surface area contributed by atoms with Gasteiger partial charge in [-0.1, -0.05) is 35.0 Å². The molecule has 0 amide bonds. The molecule has 0 atom stereocenters. The third-order valence-electron chi connectivity index (χ3n) is 5.06. The number of esters is 2. The molecular formula is C26H14Cl2N2O8S. The van der Waals surface area contributed by atoms with Crippen LogP contribution >= 0.6 is 35.0 Å². The minimum Gasteiger partial charge on any atom is -0.422 e. The van der Waals surface area contributed by atoms with Crippen molar-refractivity contribution in [1.29, 1.82) is 0 Å². The molecule has 0 bridgehead atoms. The van der Waals surface area contributed by atoms with Crippen LogP contribution in [0.3, 0.4) is 0 Å². The van der Waals surface area contributed by atoms with E-state index in [0.717, 1.165) is 11.8 Å². The van der Waals surface area contributed by atoms with Gasteiger partial charge in [-0.25, -0.2) is 9.59 Å². The Morgan fingerprint density at radius 3 is 1.31 bits per heavy atom. The number of benzene rings is 4. The fraction of sp³-hybridized carbons (Fsp3) is 0. The average Bonchev–Trinajstić information content (AvgIpc) is 2.91. The Morgan fingerprint density at radius 1 is 0.615 bits per heavy atom. The van der Waals surface area contributed by atoms with Gasteiger partial charge in [-0.15, -0.1) is 0 Å². The molecule has 0 aliphatic carbocycles. The first kappa shape index (κ1) is 27.6. The summed E-state index contributed by atoms with van der Waals surface area (Å²) in [5.74, 6) is -1.27. The van der Waals surface area contributed by atoms with E-state index in [4.69, 9.17) is 32.7 Å². The van der Waals surface area contributed by atoms with Crippen molar-refractivity contribution in [3.8, 4) is 11.5 Å². The first-order valence-electron chi connectivity index (χ1n) is 10.8. The van der Waals surface area contributed by atoms with Gasteiger partial charge in [0.1, 0.15) is 11.5 Å². The second kappa shape index (κ2) is 11.9. The van der Waals surface area contributed by atoms with Gasteiger partial charge in [-0.3, -0.25) is 20.2 Å². The number of carbonyl (C=O) groups excluding carboxylic acids is 2. The number of non-ortho nitro benzene ring substituents is 2. The molecule has 13 heteroatoms. The van der Waals surface area contributed by atoms with Crippen LogP contribution in [0.25, 0.3) is 0 Å². The Balaban J connectivity index is 1.58. The van der Waals surface area contributed by atoms with Gasteiger partial charge in [0.2, 0.25) is 0 Å². The number of ether oxygens (including phenoxy) is 2. The minimum atomic E-state index is -0.759. The third kappa shape index (κ3) is 6.90. The average molecular weight is 585 g/mol. The number of halogens is 2. The quantitative estimate of drug-likeness (QED) is 0.0896. The summed E-state index contributed by atoms with van der Waals surface area (Å²) in [5, 5.41) is 22.4. The summed E-state index contributed by atoms with van der Waals surface area (Å²) in [4.78, 5) is 46.8. The van der Waals surface area contributed by atoms with E-state index in [-0.39, 0.29) is 34.0 Å². The summed E-state index contributed by atoms with van der Waals surface area (Å²) in [5.41, 5.74) is -0.170. The molecule has 0 saturated carbocycles. The summed E-state index contributed by atoms with van der Waals surface area (Å²) in [6.45, 7) is 0. The first-order valence-corrected chi connectivity index (χ1v) is 12.4. The standard InChI is InChI=1S/C26H14Cl2N2O8S/c27-17-5-11-21(37-25(31)15-1-7-19(8-2-15)29(33)34)23(13-17)39-24-14-18(28)6-12-22(24)38-26(32)16-3-9-20(10-4-16)30(35)36/h1-14H. The fourth-order valence-electron chi connectivity index (χ4n) is 3.17. The van der Waals surface area contributed by atoms with Crippen molar-refractivity contribution in [2.24, 2.45) is 0 Å². The molecule has 4 rings (SSSR count). The van der Waals surface area contributed by atoms with Crippen LogP contribution in [0.2, 0.25) is 10.0 Å². The zero-order valence-electron chi connectivity index (χ0n) is 19.4. The van der Waals surface area contributed by atoms with Crippen LogP contribution in [0.1, 0.15) is 20.7 Å². The van der Waals surface area contributed by atoms with Gasteiger partial charge < -0.3 is 9.47 Å². The van der Waals surface area contributed by atoms with Crippen molar-refractivity contribution in [2.75, 3.05) is 0 Å². The van der Waals surface area contributed by atoms with E-state index < -0.39 is 21.8 Å². The summed E-state index contributed by atoms with van der Waals surface area (Å²) in [6, 6.07) is 18.9. The van der Waals surface area contributed by atoms with Crippen LogP contribution in [-0.4, -0.2) is 21.8 Å². The second-order valence-corrected chi connectivity index (χ2v) is 9.63. The van der Waals surface area contributed by atoms with Crippen molar-refractivity contribution in [3.63, 3.8) is 0 Å². The number of carbonyl (C=O) groups is 2. The van der Waals surface area contributed by atoms with Gasteiger partial charge in [0.25, 0.3) is 11.4 Å². The summed E-state index contributed by atoms with van der Waals surface area (Å²) in [7, 11) is 0. The van der Waals surface area contributed by atoms with E-state index in [9.17, 15) is 29.8 Å². The van der Waals surface area contributed by atoms with Crippen molar-refractivity contribution in [1.82, 2.24) is 0 Å². The lowest BCUT2D eigenvalue weighted by Crippen LogP contribution is -2.10. The Labute approximate surface area is 234 Å². The Bertz CT molecular complexity index is 1480. The highest BCUT2D eigenvalue weighted by atomic mass is 35.5. The summed E-state index contributed by atoms with van der Waals surface area (Å²) in [6.07, 6.45) is 0. The second-order valence-electron chi connectivity index (χ2n) is 7.67. The summed E-state index contributed by atoms with van der Waals surface area (Å²) >= 11 is 13.4. The van der Waals surface area contributed by atoms with E-state index >= 15 is 0 Å². The van der Waals surface area contributed by atoms with Crippen molar-refractivity contribution < 1.29 is 28.9 Å². The molecule has 0 aromatic heterocycles. The number of hydrogen-bond acceptors (Lipinski definition) is 9. The largest absolute Gasteiger partial charge is 0.422 e. The molecule has 10 nitrogen and oxygen atoms in total. The van der Waals surface area contributed by atoms with Crippen LogP contribution in [0, 0.1) is 20.2 Å². The van der Waals surface area contributed by atoms with Crippen molar-refractivity contribution in [2.45, 2.75) is 9.79 Å². The minimum absolute atomic E-state index is 0.0898. The molecule has 0 spiro atoms. The predicted octanol–water partition coefficient (Wildman–Crippen LogP) is 7.40. The number of rotatable bonds is 8. The normalized spacial score (nSPS) is 10.5. The van der Waals surface area contributed by atoms with Gasteiger partial charge in [-0.2, -0.15) is 0 Å². The Kier molecular flexibility index (Phi) is 8.45.